The van der Waals surface area contributed by atoms with Crippen molar-refractivity contribution >= 4 is 67.9 Å². The second-order valence-electron chi connectivity index (χ2n) is 7.58. The molecule has 0 atom stereocenters. The molecule has 0 aromatic heterocycles. The largest absolute Gasteiger partial charge is 0.343 e. The summed E-state index contributed by atoms with van der Waals surface area (Å²) in [7, 11) is 0. The fourth-order valence-electron chi connectivity index (χ4n) is 2.91. The van der Waals surface area contributed by atoms with E-state index in [2.05, 4.69) is 63.5 Å². The molecule has 3 rings (SSSR count). The lowest BCUT2D eigenvalue weighted by Gasteiger charge is -2.06. The van der Waals surface area contributed by atoms with E-state index in [1.807, 2.05) is 0 Å². The van der Waals surface area contributed by atoms with Crippen molar-refractivity contribution < 1.29 is 19.2 Å². The van der Waals surface area contributed by atoms with Gasteiger partial charge in [0, 0.05) is 8.95 Å². The van der Waals surface area contributed by atoms with E-state index in [9.17, 15) is 19.2 Å². The molecule has 0 saturated heterocycles. The van der Waals surface area contributed by atoms with Gasteiger partial charge in [-0.2, -0.15) is 10.2 Å². The van der Waals surface area contributed by atoms with Gasteiger partial charge in [0.05, 0.1) is 36.6 Å². The lowest BCUT2D eigenvalue weighted by molar-refractivity contribution is -0.120. The van der Waals surface area contributed by atoms with E-state index < -0.39 is 11.8 Å². The zero-order chi connectivity index (χ0) is 27.3. The molecule has 0 heterocycles. The summed E-state index contributed by atoms with van der Waals surface area (Å²) in [6.45, 7) is -0.460. The van der Waals surface area contributed by atoms with Crippen molar-refractivity contribution in [3.05, 3.63) is 104 Å². The van der Waals surface area contributed by atoms with E-state index >= 15 is 0 Å². The summed E-state index contributed by atoms with van der Waals surface area (Å²) in [6.07, 6.45) is 2.90. The van der Waals surface area contributed by atoms with Crippen molar-refractivity contribution in [1.29, 1.82) is 0 Å². The van der Waals surface area contributed by atoms with Gasteiger partial charge in [0.25, 0.3) is 23.6 Å². The molecule has 0 spiro atoms. The van der Waals surface area contributed by atoms with E-state index in [4.69, 9.17) is 0 Å². The smallest absolute Gasteiger partial charge is 0.259 e. The number of amides is 4. The van der Waals surface area contributed by atoms with Crippen LogP contribution >= 0.6 is 31.9 Å². The number of hydrazone groups is 2. The third-order valence-corrected chi connectivity index (χ3v) is 6.18. The standard InChI is InChI=1S/C26H22Br2N6O4/c27-21-7-3-1-5-19(21)25(37)29-15-23(35)33-31-13-17-9-11-18(12-10-17)14-32-34-24(36)16-30-26(38)20-6-2-4-8-22(20)28/h1-14H,15-16H2,(H,29,37)(H,30,38)(H,33,35)(H,34,36). The summed E-state index contributed by atoms with van der Waals surface area (Å²) in [5.74, 6) is -1.71. The molecule has 194 valence electrons. The van der Waals surface area contributed by atoms with Gasteiger partial charge in [0.15, 0.2) is 0 Å². The van der Waals surface area contributed by atoms with Crippen molar-refractivity contribution in [1.82, 2.24) is 21.5 Å². The van der Waals surface area contributed by atoms with Crippen LogP contribution in [0, 0.1) is 0 Å². The van der Waals surface area contributed by atoms with E-state index in [0.29, 0.717) is 31.2 Å². The van der Waals surface area contributed by atoms with Crippen molar-refractivity contribution in [2.45, 2.75) is 0 Å². The quantitative estimate of drug-likeness (QED) is 0.200. The Labute approximate surface area is 235 Å². The Morgan fingerprint density at radius 3 is 1.34 bits per heavy atom. The van der Waals surface area contributed by atoms with E-state index in [0.717, 1.165) is 0 Å². The van der Waals surface area contributed by atoms with Gasteiger partial charge >= 0.3 is 0 Å². The first-order chi connectivity index (χ1) is 18.3. The second kappa shape index (κ2) is 14.5. The van der Waals surface area contributed by atoms with Crippen molar-refractivity contribution in [3.63, 3.8) is 0 Å². The maximum atomic E-state index is 12.1. The molecular formula is C26H22Br2N6O4. The van der Waals surface area contributed by atoms with Crippen molar-refractivity contribution in [3.8, 4) is 0 Å². The molecular weight excluding hydrogens is 620 g/mol. The van der Waals surface area contributed by atoms with E-state index in [1.165, 1.54) is 12.4 Å². The molecule has 0 radical (unpaired) electrons. The number of rotatable bonds is 10. The number of benzene rings is 3. The fourth-order valence-corrected chi connectivity index (χ4v) is 3.84. The lowest BCUT2D eigenvalue weighted by Crippen LogP contribution is -2.35. The Morgan fingerprint density at radius 1 is 0.605 bits per heavy atom. The van der Waals surface area contributed by atoms with E-state index in [-0.39, 0.29) is 24.9 Å². The Bertz CT molecular complexity index is 1270. The first kappa shape index (κ1) is 28.4. The molecule has 3 aromatic rings. The number of hydrogen-bond acceptors (Lipinski definition) is 6. The van der Waals surface area contributed by atoms with E-state index in [1.54, 1.807) is 72.8 Å². The van der Waals surface area contributed by atoms with Gasteiger partial charge in [-0.3, -0.25) is 19.2 Å². The van der Waals surface area contributed by atoms with Gasteiger partial charge in [-0.1, -0.05) is 48.5 Å². The van der Waals surface area contributed by atoms with Crippen LogP contribution < -0.4 is 21.5 Å². The SMILES string of the molecule is O=C(CNC(=O)c1ccccc1Br)NN=Cc1ccc(C=NNC(=O)CNC(=O)c2ccccc2Br)cc1. The first-order valence-electron chi connectivity index (χ1n) is 11.1. The number of nitrogens with zero attached hydrogens (tertiary/aromatic N) is 2. The Balaban J connectivity index is 1.37. The zero-order valence-electron chi connectivity index (χ0n) is 19.8. The first-order valence-corrected chi connectivity index (χ1v) is 12.7. The highest BCUT2D eigenvalue weighted by Crippen LogP contribution is 2.16. The van der Waals surface area contributed by atoms with Gasteiger partial charge in [0.2, 0.25) is 0 Å². The highest BCUT2D eigenvalue weighted by molar-refractivity contribution is 9.10. The van der Waals surface area contributed by atoms with Crippen LogP contribution in [0.1, 0.15) is 31.8 Å². The van der Waals surface area contributed by atoms with Crippen LogP contribution in [0.4, 0.5) is 0 Å². The highest BCUT2D eigenvalue weighted by atomic mass is 79.9. The summed E-state index contributed by atoms with van der Waals surface area (Å²) in [4.78, 5) is 48.1. The van der Waals surface area contributed by atoms with Crippen LogP contribution in [0.2, 0.25) is 0 Å². The molecule has 4 amide bonds. The molecule has 3 aromatic carbocycles. The number of carbonyl (C=O) groups excluding carboxylic acids is 4. The Kier molecular flexibility index (Phi) is 10.9. The molecule has 38 heavy (non-hydrogen) atoms. The maximum Gasteiger partial charge on any atom is 0.259 e. The number of hydrogen-bond donors (Lipinski definition) is 4. The van der Waals surface area contributed by atoms with Gasteiger partial charge in [0.1, 0.15) is 0 Å². The van der Waals surface area contributed by atoms with Gasteiger partial charge in [-0.15, -0.1) is 0 Å². The average Bonchev–Trinajstić information content (AvgIpc) is 2.92. The molecule has 4 N–H and O–H groups in total. The molecule has 0 unspecified atom stereocenters. The predicted octanol–water partition coefficient (Wildman–Crippen LogP) is 2.97. The maximum absolute atomic E-state index is 12.1. The summed E-state index contributed by atoms with van der Waals surface area (Å²) >= 11 is 6.58. The lowest BCUT2D eigenvalue weighted by atomic mass is 10.2. The summed E-state index contributed by atoms with van der Waals surface area (Å²) in [6, 6.07) is 20.8. The summed E-state index contributed by atoms with van der Waals surface area (Å²) in [5.41, 5.74) is 6.96. The van der Waals surface area contributed by atoms with Crippen LogP contribution in [0.25, 0.3) is 0 Å². The molecule has 0 aliphatic rings. The van der Waals surface area contributed by atoms with Crippen LogP contribution in [-0.4, -0.2) is 49.1 Å². The number of nitrogens with one attached hydrogen (secondary N) is 4. The third kappa shape index (κ3) is 9.05. The topological polar surface area (TPSA) is 141 Å². The monoisotopic (exact) mass is 640 g/mol. The highest BCUT2D eigenvalue weighted by Gasteiger charge is 2.11. The Morgan fingerprint density at radius 2 is 0.974 bits per heavy atom. The summed E-state index contributed by atoms with van der Waals surface area (Å²) < 4.78 is 1.26. The molecule has 10 nitrogen and oxygen atoms in total. The average molecular weight is 642 g/mol. The molecule has 0 bridgehead atoms. The Hall–Kier alpha value is -4.16. The predicted molar refractivity (Wildman–Crippen MR) is 151 cm³/mol. The normalized spacial score (nSPS) is 10.8. The minimum atomic E-state index is -0.478. The van der Waals surface area contributed by atoms with Crippen LogP contribution in [0.5, 0.6) is 0 Å². The van der Waals surface area contributed by atoms with Gasteiger partial charge < -0.3 is 10.6 Å². The van der Waals surface area contributed by atoms with Gasteiger partial charge in [-0.25, -0.2) is 10.9 Å². The molecule has 12 heteroatoms. The second-order valence-corrected chi connectivity index (χ2v) is 9.29. The molecule has 0 fully saturated rings. The van der Waals surface area contributed by atoms with Crippen molar-refractivity contribution in [2.24, 2.45) is 10.2 Å². The van der Waals surface area contributed by atoms with Crippen molar-refractivity contribution in [2.75, 3.05) is 13.1 Å². The summed E-state index contributed by atoms with van der Waals surface area (Å²) in [5, 5.41) is 12.8. The van der Waals surface area contributed by atoms with Gasteiger partial charge in [-0.05, 0) is 67.3 Å². The minimum Gasteiger partial charge on any atom is -0.343 e. The fraction of sp³-hybridized carbons (Fsp3) is 0.0769. The number of carbonyl (C=O) groups is 4. The molecule has 0 saturated carbocycles. The third-order valence-electron chi connectivity index (χ3n) is 4.80. The van der Waals surface area contributed by atoms with Crippen LogP contribution in [0.3, 0.4) is 0 Å². The number of halogens is 2. The minimum absolute atomic E-state index is 0.230. The van der Waals surface area contributed by atoms with Crippen LogP contribution in [-0.2, 0) is 9.59 Å². The van der Waals surface area contributed by atoms with Crippen LogP contribution in [0.15, 0.2) is 91.9 Å². The molecule has 0 aliphatic carbocycles. The molecule has 0 aliphatic heterocycles. The zero-order valence-corrected chi connectivity index (χ0v) is 23.0.